The monoisotopic (exact) mass is 397 g/mol. The number of ketones is 1. The summed E-state index contributed by atoms with van der Waals surface area (Å²) in [6.07, 6.45) is 8.40. The number of ether oxygens (including phenoxy) is 1. The van der Waals surface area contributed by atoms with Crippen molar-refractivity contribution < 1.29 is 14.3 Å². The molecule has 4 nitrogen and oxygen atoms in total. The number of thioether (sulfide) groups is 1. The molecular formula is C23H27NO3S. The first kappa shape index (κ1) is 19.3. The second-order valence-electron chi connectivity index (χ2n) is 7.85. The van der Waals surface area contributed by atoms with Crippen LogP contribution in [0.15, 0.2) is 51.7 Å². The average molecular weight is 398 g/mol. The van der Waals surface area contributed by atoms with Crippen molar-refractivity contribution in [1.82, 2.24) is 5.32 Å². The first-order valence-corrected chi connectivity index (χ1v) is 11.4. The molecule has 2 aliphatic carbocycles. The Labute approximate surface area is 170 Å². The van der Waals surface area contributed by atoms with Gasteiger partial charge in [-0.15, -0.1) is 11.8 Å². The van der Waals surface area contributed by atoms with Gasteiger partial charge in [0.1, 0.15) is 6.10 Å². The van der Waals surface area contributed by atoms with Crippen LogP contribution in [0, 0.1) is 0 Å². The number of dihydropyridines is 1. The Hall–Kier alpha value is -2.01. The highest BCUT2D eigenvalue weighted by atomic mass is 32.2. The van der Waals surface area contributed by atoms with Gasteiger partial charge in [0.05, 0.1) is 5.57 Å². The number of Topliss-reactive ketones (excluding diaryl/α,β-unsaturated/α-hetero) is 1. The van der Waals surface area contributed by atoms with Gasteiger partial charge in [0.2, 0.25) is 0 Å². The molecule has 1 unspecified atom stereocenters. The minimum absolute atomic E-state index is 0.00440. The third-order valence-corrected chi connectivity index (χ3v) is 6.76. The highest BCUT2D eigenvalue weighted by Crippen LogP contribution is 2.43. The van der Waals surface area contributed by atoms with E-state index >= 15 is 0 Å². The molecule has 0 radical (unpaired) electrons. The van der Waals surface area contributed by atoms with Crippen LogP contribution in [0.25, 0.3) is 0 Å². The van der Waals surface area contributed by atoms with Crippen molar-refractivity contribution in [1.29, 1.82) is 0 Å². The fourth-order valence-electron chi connectivity index (χ4n) is 4.60. The molecule has 0 amide bonds. The van der Waals surface area contributed by atoms with Gasteiger partial charge >= 0.3 is 5.97 Å². The van der Waals surface area contributed by atoms with Crippen LogP contribution in [0.2, 0.25) is 0 Å². The van der Waals surface area contributed by atoms with Crippen molar-refractivity contribution in [2.75, 3.05) is 6.26 Å². The number of esters is 1. The second-order valence-corrected chi connectivity index (χ2v) is 8.73. The van der Waals surface area contributed by atoms with E-state index in [1.165, 1.54) is 0 Å². The molecule has 28 heavy (non-hydrogen) atoms. The normalized spacial score (nSPS) is 22.9. The van der Waals surface area contributed by atoms with E-state index < -0.39 is 0 Å². The largest absolute Gasteiger partial charge is 0.459 e. The fourth-order valence-corrected chi connectivity index (χ4v) is 5.01. The minimum atomic E-state index is -0.339. The maximum atomic E-state index is 13.2. The van der Waals surface area contributed by atoms with Gasteiger partial charge in [-0.2, -0.15) is 0 Å². The summed E-state index contributed by atoms with van der Waals surface area (Å²) in [6.45, 7) is 1.93. The Morgan fingerprint density at radius 3 is 2.50 bits per heavy atom. The van der Waals surface area contributed by atoms with Gasteiger partial charge < -0.3 is 10.1 Å². The van der Waals surface area contributed by atoms with Gasteiger partial charge in [-0.25, -0.2) is 4.79 Å². The SMILES string of the molecule is CSc1ccc(C2C(C(=O)OC3CCCC3)=C(C)NC3=C2C(=O)CCC3)cc1. The van der Waals surface area contributed by atoms with Crippen LogP contribution >= 0.6 is 11.8 Å². The molecule has 5 heteroatoms. The molecule has 4 rings (SSSR count). The van der Waals surface area contributed by atoms with Gasteiger partial charge in [-0.05, 0) is 69.4 Å². The topological polar surface area (TPSA) is 55.4 Å². The summed E-state index contributed by atoms with van der Waals surface area (Å²) in [7, 11) is 0. The smallest absolute Gasteiger partial charge is 0.337 e. The summed E-state index contributed by atoms with van der Waals surface area (Å²) in [5.74, 6) is -0.471. The van der Waals surface area contributed by atoms with Gasteiger partial charge in [0, 0.05) is 34.2 Å². The van der Waals surface area contributed by atoms with Crippen LogP contribution in [0.4, 0.5) is 0 Å². The quantitative estimate of drug-likeness (QED) is 0.581. The highest BCUT2D eigenvalue weighted by molar-refractivity contribution is 7.98. The van der Waals surface area contributed by atoms with Crippen molar-refractivity contribution >= 4 is 23.5 Å². The minimum Gasteiger partial charge on any atom is -0.459 e. The summed E-state index contributed by atoms with van der Waals surface area (Å²) in [4.78, 5) is 27.2. The summed E-state index contributed by atoms with van der Waals surface area (Å²) in [5.41, 5.74) is 4.13. The average Bonchev–Trinajstić information content (AvgIpc) is 3.20. The predicted molar refractivity (Wildman–Crippen MR) is 111 cm³/mol. The van der Waals surface area contributed by atoms with Gasteiger partial charge in [0.25, 0.3) is 0 Å². The lowest BCUT2D eigenvalue weighted by molar-refractivity contribution is -0.144. The number of hydrogen-bond donors (Lipinski definition) is 1. The Morgan fingerprint density at radius 2 is 1.82 bits per heavy atom. The molecule has 148 valence electrons. The van der Waals surface area contributed by atoms with Crippen molar-refractivity contribution in [2.45, 2.75) is 68.8 Å². The highest BCUT2D eigenvalue weighted by Gasteiger charge is 2.39. The van der Waals surface area contributed by atoms with Crippen molar-refractivity contribution in [3.05, 3.63) is 52.4 Å². The van der Waals surface area contributed by atoms with E-state index in [0.717, 1.165) is 66.0 Å². The zero-order chi connectivity index (χ0) is 19.7. The standard InChI is InChI=1S/C23H27NO3S/c1-14-20(23(26)27-16-6-3-4-7-16)21(15-10-12-17(28-2)13-11-15)22-18(24-14)8-5-9-19(22)25/h10-13,16,21,24H,3-9H2,1-2H3. The number of carbonyl (C=O) groups is 2. The molecular weight excluding hydrogens is 370 g/mol. The Kier molecular flexibility index (Phi) is 5.63. The van der Waals surface area contributed by atoms with Crippen LogP contribution in [0.3, 0.4) is 0 Å². The van der Waals surface area contributed by atoms with E-state index in [-0.39, 0.29) is 23.8 Å². The number of nitrogens with one attached hydrogen (secondary N) is 1. The maximum Gasteiger partial charge on any atom is 0.337 e. The summed E-state index contributed by atoms with van der Waals surface area (Å²) >= 11 is 1.68. The Morgan fingerprint density at radius 1 is 1.11 bits per heavy atom. The molecule has 1 heterocycles. The predicted octanol–water partition coefficient (Wildman–Crippen LogP) is 4.86. The van der Waals surface area contributed by atoms with Crippen LogP contribution in [0.5, 0.6) is 0 Å². The first-order chi connectivity index (χ1) is 13.6. The van der Waals surface area contributed by atoms with Crippen molar-refractivity contribution in [2.24, 2.45) is 0 Å². The van der Waals surface area contributed by atoms with Crippen LogP contribution < -0.4 is 5.32 Å². The Bertz CT molecular complexity index is 847. The zero-order valence-corrected chi connectivity index (χ0v) is 17.4. The molecule has 1 aliphatic heterocycles. The number of carbonyl (C=O) groups excluding carboxylic acids is 2. The van der Waals surface area contributed by atoms with Gasteiger partial charge in [-0.1, -0.05) is 12.1 Å². The van der Waals surface area contributed by atoms with Gasteiger partial charge in [0.15, 0.2) is 5.78 Å². The molecule has 1 fully saturated rings. The fraction of sp³-hybridized carbons (Fsp3) is 0.478. The van der Waals surface area contributed by atoms with E-state index in [9.17, 15) is 9.59 Å². The van der Waals surface area contributed by atoms with Crippen LogP contribution in [-0.4, -0.2) is 24.1 Å². The molecule has 1 atom stereocenters. The number of rotatable bonds is 4. The number of allylic oxidation sites excluding steroid dienone is 3. The van der Waals surface area contributed by atoms with E-state index in [1.54, 1.807) is 11.8 Å². The molecule has 1 aromatic carbocycles. The lowest BCUT2D eigenvalue weighted by atomic mass is 9.75. The van der Waals surface area contributed by atoms with Crippen LogP contribution in [0.1, 0.15) is 63.4 Å². The number of benzene rings is 1. The van der Waals surface area contributed by atoms with E-state index in [1.807, 2.05) is 25.3 Å². The van der Waals surface area contributed by atoms with Crippen molar-refractivity contribution in [3.8, 4) is 0 Å². The second kappa shape index (κ2) is 8.16. The van der Waals surface area contributed by atoms with E-state index in [4.69, 9.17) is 4.74 Å². The Balaban J connectivity index is 1.75. The lowest BCUT2D eigenvalue weighted by Gasteiger charge is -2.34. The van der Waals surface area contributed by atoms with E-state index in [0.29, 0.717) is 12.0 Å². The molecule has 1 aromatic rings. The van der Waals surface area contributed by atoms with E-state index in [2.05, 4.69) is 17.4 Å². The third-order valence-electron chi connectivity index (χ3n) is 6.02. The maximum absolute atomic E-state index is 13.2. The molecule has 0 bridgehead atoms. The molecule has 1 saturated carbocycles. The third kappa shape index (κ3) is 3.64. The van der Waals surface area contributed by atoms with Crippen molar-refractivity contribution in [3.63, 3.8) is 0 Å². The lowest BCUT2D eigenvalue weighted by Crippen LogP contribution is -2.35. The molecule has 1 N–H and O–H groups in total. The van der Waals surface area contributed by atoms with Gasteiger partial charge in [-0.3, -0.25) is 4.79 Å². The first-order valence-electron chi connectivity index (χ1n) is 10.2. The number of hydrogen-bond acceptors (Lipinski definition) is 5. The summed E-state index contributed by atoms with van der Waals surface area (Å²) in [6, 6.07) is 8.21. The molecule has 3 aliphatic rings. The molecule has 0 aromatic heterocycles. The molecule has 0 spiro atoms. The summed E-state index contributed by atoms with van der Waals surface area (Å²) < 4.78 is 5.86. The van der Waals surface area contributed by atoms with Crippen LogP contribution in [-0.2, 0) is 14.3 Å². The zero-order valence-electron chi connectivity index (χ0n) is 16.5. The molecule has 0 saturated heterocycles. The summed E-state index contributed by atoms with van der Waals surface area (Å²) in [5, 5.41) is 3.36.